The number of nitrogens with one attached hydrogen (secondary N) is 1. The number of para-hydroxylation sites is 1. The minimum Gasteiger partial charge on any atom is -0.350 e. The van der Waals surface area contributed by atoms with Crippen LogP contribution in [0.15, 0.2) is 48.5 Å². The van der Waals surface area contributed by atoms with E-state index in [0.29, 0.717) is 18.0 Å². The molecule has 1 aromatic heterocycles. The molecule has 142 valence electrons. The van der Waals surface area contributed by atoms with E-state index in [1.54, 1.807) is 0 Å². The number of carbonyl (C=O) groups is 1. The van der Waals surface area contributed by atoms with Crippen molar-refractivity contribution in [3.8, 4) is 0 Å². The van der Waals surface area contributed by atoms with Crippen molar-refractivity contribution in [2.75, 3.05) is 0 Å². The summed E-state index contributed by atoms with van der Waals surface area (Å²) in [6.45, 7) is 7.16. The number of benzene rings is 2. The van der Waals surface area contributed by atoms with Crippen molar-refractivity contribution in [1.82, 2.24) is 20.3 Å². The quantitative estimate of drug-likeness (QED) is 0.643. The Labute approximate surface area is 160 Å². The number of aromatic nitrogens is 3. The highest BCUT2D eigenvalue weighted by Gasteiger charge is 2.10. The largest absolute Gasteiger partial charge is 0.350 e. The van der Waals surface area contributed by atoms with E-state index >= 15 is 0 Å². The molecule has 0 spiro atoms. The second kappa shape index (κ2) is 8.80. The lowest BCUT2D eigenvalue weighted by atomic mass is 10.0. The molecule has 1 atom stereocenters. The molecule has 0 saturated heterocycles. The molecule has 0 unspecified atom stereocenters. The van der Waals surface area contributed by atoms with E-state index in [9.17, 15) is 4.79 Å². The molecule has 5 nitrogen and oxygen atoms in total. The molecule has 3 aromatic rings. The third-order valence-corrected chi connectivity index (χ3v) is 4.76. The van der Waals surface area contributed by atoms with E-state index in [4.69, 9.17) is 0 Å². The van der Waals surface area contributed by atoms with Crippen LogP contribution in [0.25, 0.3) is 11.0 Å². The van der Waals surface area contributed by atoms with Crippen LogP contribution in [0, 0.1) is 5.92 Å². The van der Waals surface area contributed by atoms with Crippen molar-refractivity contribution in [3.05, 3.63) is 59.7 Å². The number of hydrogen-bond acceptors (Lipinski definition) is 3. The average Bonchev–Trinajstić information content (AvgIpc) is 3.05. The molecule has 0 radical (unpaired) electrons. The predicted molar refractivity (Wildman–Crippen MR) is 109 cm³/mol. The molecule has 5 heteroatoms. The van der Waals surface area contributed by atoms with E-state index in [1.165, 1.54) is 6.42 Å². The van der Waals surface area contributed by atoms with Gasteiger partial charge in [0.2, 0.25) is 0 Å². The Balaban J connectivity index is 1.57. The average molecular weight is 364 g/mol. The Morgan fingerprint density at radius 2 is 1.78 bits per heavy atom. The highest BCUT2D eigenvalue weighted by atomic mass is 16.1. The molecular formula is C22H28N4O. The van der Waals surface area contributed by atoms with E-state index in [-0.39, 0.29) is 11.9 Å². The summed E-state index contributed by atoms with van der Waals surface area (Å²) in [7, 11) is 0. The summed E-state index contributed by atoms with van der Waals surface area (Å²) >= 11 is 0. The Morgan fingerprint density at radius 3 is 2.52 bits per heavy atom. The molecule has 2 aromatic carbocycles. The maximum atomic E-state index is 12.4. The molecule has 0 fully saturated rings. The van der Waals surface area contributed by atoms with Crippen molar-refractivity contribution in [1.29, 1.82) is 0 Å². The van der Waals surface area contributed by atoms with Crippen molar-refractivity contribution in [2.45, 2.75) is 52.6 Å². The van der Waals surface area contributed by atoms with Gasteiger partial charge in [-0.05, 0) is 49.1 Å². The Morgan fingerprint density at radius 1 is 1.04 bits per heavy atom. The molecule has 0 saturated carbocycles. The Hall–Kier alpha value is -2.69. The number of fused-ring (bicyclic) bond motifs is 1. The molecule has 0 aliphatic heterocycles. The predicted octanol–water partition coefficient (Wildman–Crippen LogP) is 4.42. The van der Waals surface area contributed by atoms with Crippen LogP contribution in [0.1, 0.15) is 56.0 Å². The SMILES string of the molecule is CC(C)CCC[C@H](C)NC(=O)c1ccc(Cn2nnc3ccccc32)cc1. The van der Waals surface area contributed by atoms with Crippen LogP contribution >= 0.6 is 0 Å². The first kappa shape index (κ1) is 19.1. The first-order valence-corrected chi connectivity index (χ1v) is 9.71. The summed E-state index contributed by atoms with van der Waals surface area (Å²) in [6, 6.07) is 15.8. The molecular weight excluding hydrogens is 336 g/mol. The molecule has 0 bridgehead atoms. The van der Waals surface area contributed by atoms with E-state index in [1.807, 2.05) is 53.2 Å². The summed E-state index contributed by atoms with van der Waals surface area (Å²) in [6.07, 6.45) is 3.36. The van der Waals surface area contributed by atoms with Crippen LogP contribution in [0.3, 0.4) is 0 Å². The van der Waals surface area contributed by atoms with Gasteiger partial charge in [0.1, 0.15) is 5.52 Å². The van der Waals surface area contributed by atoms with Crippen molar-refractivity contribution >= 4 is 16.9 Å². The van der Waals surface area contributed by atoms with Gasteiger partial charge in [-0.15, -0.1) is 5.10 Å². The number of amides is 1. The van der Waals surface area contributed by atoms with Gasteiger partial charge in [0.05, 0.1) is 12.1 Å². The minimum atomic E-state index is -0.00944. The lowest BCUT2D eigenvalue weighted by molar-refractivity contribution is 0.0938. The van der Waals surface area contributed by atoms with Gasteiger partial charge in [0.15, 0.2) is 0 Å². The van der Waals surface area contributed by atoms with Gasteiger partial charge in [-0.2, -0.15) is 0 Å². The van der Waals surface area contributed by atoms with Crippen LogP contribution in [0.5, 0.6) is 0 Å². The van der Waals surface area contributed by atoms with Crippen LogP contribution in [0.4, 0.5) is 0 Å². The molecule has 0 aliphatic carbocycles. The van der Waals surface area contributed by atoms with Gasteiger partial charge in [0.25, 0.3) is 5.91 Å². The zero-order chi connectivity index (χ0) is 19.2. The van der Waals surface area contributed by atoms with Crippen molar-refractivity contribution < 1.29 is 4.79 Å². The fourth-order valence-electron chi connectivity index (χ4n) is 3.18. The molecule has 3 rings (SSSR count). The number of carbonyl (C=O) groups excluding carboxylic acids is 1. The van der Waals surface area contributed by atoms with Gasteiger partial charge < -0.3 is 5.32 Å². The molecule has 1 heterocycles. The smallest absolute Gasteiger partial charge is 0.251 e. The zero-order valence-corrected chi connectivity index (χ0v) is 16.4. The maximum Gasteiger partial charge on any atom is 0.251 e. The van der Waals surface area contributed by atoms with Crippen molar-refractivity contribution in [2.24, 2.45) is 5.92 Å². The maximum absolute atomic E-state index is 12.4. The highest BCUT2D eigenvalue weighted by molar-refractivity contribution is 5.94. The summed E-state index contributed by atoms with van der Waals surface area (Å²) in [4.78, 5) is 12.4. The first-order valence-electron chi connectivity index (χ1n) is 9.71. The summed E-state index contributed by atoms with van der Waals surface area (Å²) in [5.74, 6) is 0.701. The third-order valence-electron chi connectivity index (χ3n) is 4.76. The van der Waals surface area contributed by atoms with Crippen molar-refractivity contribution in [3.63, 3.8) is 0 Å². The summed E-state index contributed by atoms with van der Waals surface area (Å²) in [5, 5.41) is 11.5. The Kier molecular flexibility index (Phi) is 6.22. The normalized spacial score (nSPS) is 12.4. The molecule has 1 amide bonds. The topological polar surface area (TPSA) is 59.8 Å². The van der Waals surface area contributed by atoms with Gasteiger partial charge in [-0.25, -0.2) is 4.68 Å². The summed E-state index contributed by atoms with van der Waals surface area (Å²) < 4.78 is 1.88. The van der Waals surface area contributed by atoms with Crippen LogP contribution in [-0.2, 0) is 6.54 Å². The first-order chi connectivity index (χ1) is 13.0. The van der Waals surface area contributed by atoms with E-state index < -0.39 is 0 Å². The van der Waals surface area contributed by atoms with Gasteiger partial charge in [-0.1, -0.05) is 56.2 Å². The zero-order valence-electron chi connectivity index (χ0n) is 16.4. The fourth-order valence-corrected chi connectivity index (χ4v) is 3.18. The van der Waals surface area contributed by atoms with Crippen LogP contribution in [0.2, 0.25) is 0 Å². The second-order valence-electron chi connectivity index (χ2n) is 7.63. The number of nitrogens with zero attached hydrogens (tertiary/aromatic N) is 3. The molecule has 27 heavy (non-hydrogen) atoms. The lowest BCUT2D eigenvalue weighted by Crippen LogP contribution is -2.32. The summed E-state index contributed by atoms with van der Waals surface area (Å²) in [5.41, 5.74) is 3.68. The minimum absolute atomic E-state index is 0.00944. The lowest BCUT2D eigenvalue weighted by Gasteiger charge is -2.14. The second-order valence-corrected chi connectivity index (χ2v) is 7.63. The number of rotatable bonds is 8. The monoisotopic (exact) mass is 364 g/mol. The van der Waals surface area contributed by atoms with Gasteiger partial charge in [0, 0.05) is 11.6 Å². The van der Waals surface area contributed by atoms with Crippen LogP contribution < -0.4 is 5.32 Å². The van der Waals surface area contributed by atoms with E-state index in [2.05, 4.69) is 36.4 Å². The van der Waals surface area contributed by atoms with Gasteiger partial charge in [-0.3, -0.25) is 4.79 Å². The van der Waals surface area contributed by atoms with Crippen LogP contribution in [-0.4, -0.2) is 26.9 Å². The highest BCUT2D eigenvalue weighted by Crippen LogP contribution is 2.13. The molecule has 1 N–H and O–H groups in total. The van der Waals surface area contributed by atoms with E-state index in [0.717, 1.165) is 29.4 Å². The molecule has 0 aliphatic rings. The fraction of sp³-hybridized carbons (Fsp3) is 0.409. The standard InChI is InChI=1S/C22H28N4O/c1-16(2)7-6-8-17(3)23-22(27)19-13-11-18(12-14-19)15-26-21-10-5-4-9-20(21)24-25-26/h4-5,9-14,16-17H,6-8,15H2,1-3H3,(H,23,27)/t17-/m0/s1. The van der Waals surface area contributed by atoms with Gasteiger partial charge >= 0.3 is 0 Å². The third kappa shape index (κ3) is 5.16. The number of hydrogen-bond donors (Lipinski definition) is 1. The Bertz CT molecular complexity index is 883.